The lowest BCUT2D eigenvalue weighted by atomic mass is 10.1. The van der Waals surface area contributed by atoms with Crippen molar-refractivity contribution in [2.75, 3.05) is 13.1 Å². The average molecular weight is 523 g/mol. The molecule has 0 atom stereocenters. The number of hydrogen-bond donors (Lipinski definition) is 2. The lowest BCUT2D eigenvalue weighted by molar-refractivity contribution is 0.0951. The van der Waals surface area contributed by atoms with Gasteiger partial charge in [-0.3, -0.25) is 9.59 Å². The third kappa shape index (κ3) is 8.22. The van der Waals surface area contributed by atoms with Crippen molar-refractivity contribution < 1.29 is 43.9 Å². The fourth-order valence-corrected chi connectivity index (χ4v) is 3.70. The Balaban J connectivity index is 1.46. The molecule has 14 heteroatoms. The van der Waals surface area contributed by atoms with Crippen LogP contribution >= 0.6 is 0 Å². The molecule has 3 rings (SSSR count). The first-order valence-corrected chi connectivity index (χ1v) is 12.6. The molecule has 0 unspecified atom stereocenters. The molecule has 0 radical (unpaired) electrons. The predicted octanol–water partition coefficient (Wildman–Crippen LogP) is 1.07. The van der Waals surface area contributed by atoms with Crippen molar-refractivity contribution in [3.8, 4) is 11.5 Å². The molecule has 0 spiro atoms. The highest BCUT2D eigenvalue weighted by Crippen LogP contribution is 2.23. The number of carbonyl (C=O) groups excluding carboxylic acids is 2. The summed E-state index contributed by atoms with van der Waals surface area (Å²) in [4.78, 5) is 24.5. The van der Waals surface area contributed by atoms with Crippen molar-refractivity contribution in [2.45, 2.75) is 6.42 Å². The van der Waals surface area contributed by atoms with Gasteiger partial charge < -0.3 is 28.1 Å². The minimum atomic E-state index is -4.90. The van der Waals surface area contributed by atoms with Gasteiger partial charge in [-0.25, -0.2) is 16.8 Å². The maximum Gasteiger partial charge on any atom is 0.262 e. The van der Waals surface area contributed by atoms with E-state index in [0.717, 1.165) is 0 Å². The van der Waals surface area contributed by atoms with Crippen LogP contribution in [0.5, 0.6) is 11.5 Å². The molecule has 2 N–H and O–H groups in total. The summed E-state index contributed by atoms with van der Waals surface area (Å²) < 4.78 is 72.2. The van der Waals surface area contributed by atoms with Crippen LogP contribution in [-0.2, 0) is 20.8 Å². The first kappa shape index (κ1) is 25.9. The fraction of sp³-hybridized carbons (Fsp3) is 0.143. The Labute approximate surface area is 200 Å². The van der Waals surface area contributed by atoms with Crippen molar-refractivity contribution in [1.29, 1.82) is 0 Å². The molecule has 35 heavy (non-hydrogen) atoms. The van der Waals surface area contributed by atoms with E-state index < -0.39 is 26.7 Å². The van der Waals surface area contributed by atoms with Crippen LogP contribution < -0.4 is 19.0 Å². The minimum Gasteiger partial charge on any atom is -0.716 e. The molecule has 0 saturated heterocycles. The van der Waals surface area contributed by atoms with E-state index in [2.05, 4.69) is 19.0 Å². The number of benzene rings is 3. The third-order valence-corrected chi connectivity index (χ3v) is 5.30. The smallest absolute Gasteiger partial charge is 0.262 e. The zero-order valence-corrected chi connectivity index (χ0v) is 19.4. The maximum absolute atomic E-state index is 12.4. The van der Waals surface area contributed by atoms with E-state index in [4.69, 9.17) is 0 Å². The van der Waals surface area contributed by atoms with E-state index in [0.29, 0.717) is 22.8 Å². The van der Waals surface area contributed by atoms with Gasteiger partial charge in [0, 0.05) is 24.2 Å². The van der Waals surface area contributed by atoms with Crippen LogP contribution in [0.15, 0.2) is 60.7 Å². The van der Waals surface area contributed by atoms with Gasteiger partial charge in [0.2, 0.25) is 0 Å². The summed E-state index contributed by atoms with van der Waals surface area (Å²) >= 11 is 0. The molecule has 0 fully saturated rings. The van der Waals surface area contributed by atoms with E-state index in [-0.39, 0.29) is 36.1 Å². The SMILES string of the molecule is O=C(NCCCNC(=O)c1ccc2cc(OS(=O)(=O)[O-])ccc2c1)c1ccc(OS(=O)(=O)[O-])cc1. The zero-order chi connectivity index (χ0) is 25.6. The highest BCUT2D eigenvalue weighted by molar-refractivity contribution is 7.81. The molecule has 0 aliphatic rings. The topological polar surface area (TPSA) is 191 Å². The Hall–Kier alpha value is -3.72. The molecule has 12 nitrogen and oxygen atoms in total. The summed E-state index contributed by atoms with van der Waals surface area (Å²) in [5, 5.41) is 6.55. The highest BCUT2D eigenvalue weighted by atomic mass is 32.3. The van der Waals surface area contributed by atoms with Crippen molar-refractivity contribution in [3.63, 3.8) is 0 Å². The molecule has 2 amide bonds. The number of rotatable bonds is 10. The number of nitrogens with one attached hydrogen (secondary N) is 2. The zero-order valence-electron chi connectivity index (χ0n) is 17.8. The minimum absolute atomic E-state index is 0.133. The quantitative estimate of drug-likeness (QED) is 0.221. The number of fused-ring (bicyclic) bond motifs is 1. The van der Waals surface area contributed by atoms with Crippen LogP contribution in [0.1, 0.15) is 27.1 Å². The lowest BCUT2D eigenvalue weighted by Crippen LogP contribution is -2.29. The first-order valence-electron chi connectivity index (χ1n) is 9.90. The molecule has 3 aromatic carbocycles. The van der Waals surface area contributed by atoms with Crippen molar-refractivity contribution in [3.05, 3.63) is 71.8 Å². The van der Waals surface area contributed by atoms with Crippen LogP contribution in [0.4, 0.5) is 0 Å². The standard InChI is InChI=1S/C21H20N2O10S2/c24-20(14-4-7-18(8-5-14)32-34(26,27)28)22-10-1-11-23-21(25)17-3-2-16-13-19(33-35(29,30)31)9-6-15(16)12-17/h2-9,12-13H,1,10-11H2,(H,22,24)(H,23,25)(H,26,27,28)(H,29,30,31)/p-2. The van der Waals surface area contributed by atoms with Crippen molar-refractivity contribution in [1.82, 2.24) is 10.6 Å². The normalized spacial score (nSPS) is 11.6. The van der Waals surface area contributed by atoms with Gasteiger partial charge in [-0.1, -0.05) is 12.1 Å². The molecule has 3 aromatic rings. The monoisotopic (exact) mass is 522 g/mol. The van der Waals surface area contributed by atoms with Gasteiger partial charge in [-0.2, -0.15) is 0 Å². The molecule has 0 aromatic heterocycles. The van der Waals surface area contributed by atoms with E-state index in [9.17, 15) is 35.5 Å². The van der Waals surface area contributed by atoms with Crippen LogP contribution in [0.3, 0.4) is 0 Å². The first-order chi connectivity index (χ1) is 16.4. The predicted molar refractivity (Wildman–Crippen MR) is 120 cm³/mol. The van der Waals surface area contributed by atoms with Crippen LogP contribution in [0.2, 0.25) is 0 Å². The lowest BCUT2D eigenvalue weighted by Gasteiger charge is -2.11. The second-order valence-electron chi connectivity index (χ2n) is 7.10. The third-order valence-electron chi connectivity index (χ3n) is 4.51. The summed E-state index contributed by atoms with van der Waals surface area (Å²) in [5.41, 5.74) is 0.580. The van der Waals surface area contributed by atoms with Crippen LogP contribution in [0.25, 0.3) is 10.8 Å². The fourth-order valence-electron chi connectivity index (χ4n) is 3.01. The Morgan fingerprint density at radius 2 is 1.11 bits per heavy atom. The van der Waals surface area contributed by atoms with Crippen molar-refractivity contribution >= 4 is 43.4 Å². The average Bonchev–Trinajstić information content (AvgIpc) is 2.76. The number of carbonyl (C=O) groups is 2. The molecule has 0 heterocycles. The molecule has 186 valence electrons. The molecule has 0 aliphatic heterocycles. The van der Waals surface area contributed by atoms with Gasteiger partial charge in [-0.05, 0) is 65.7 Å². The number of amides is 2. The van der Waals surface area contributed by atoms with E-state index >= 15 is 0 Å². The summed E-state index contributed by atoms with van der Waals surface area (Å²) in [6.07, 6.45) is 0.422. The Morgan fingerprint density at radius 3 is 1.71 bits per heavy atom. The van der Waals surface area contributed by atoms with Gasteiger partial charge in [0.25, 0.3) is 32.6 Å². The second kappa shape index (κ2) is 10.7. The largest absolute Gasteiger partial charge is 0.716 e. The van der Waals surface area contributed by atoms with Gasteiger partial charge in [0.05, 0.1) is 0 Å². The van der Waals surface area contributed by atoms with Crippen LogP contribution in [0, 0.1) is 0 Å². The molecule has 0 saturated carbocycles. The Kier molecular flexibility index (Phi) is 7.91. The molecular formula is C21H18N2O10S2-2. The van der Waals surface area contributed by atoms with Gasteiger partial charge in [0.1, 0.15) is 11.5 Å². The molecule has 0 aliphatic carbocycles. The summed E-state index contributed by atoms with van der Waals surface area (Å²) in [6, 6.07) is 13.8. The van der Waals surface area contributed by atoms with E-state index in [1.807, 2.05) is 0 Å². The van der Waals surface area contributed by atoms with Crippen molar-refractivity contribution in [2.24, 2.45) is 0 Å². The van der Waals surface area contributed by atoms with Crippen LogP contribution in [-0.4, -0.2) is 50.8 Å². The summed E-state index contributed by atoms with van der Waals surface area (Å²) in [7, 11) is -9.78. The van der Waals surface area contributed by atoms with E-state index in [1.54, 1.807) is 12.1 Å². The molecular weight excluding hydrogens is 504 g/mol. The molecule has 0 bridgehead atoms. The summed E-state index contributed by atoms with van der Waals surface area (Å²) in [5.74, 6) is -1.14. The number of hydrogen-bond acceptors (Lipinski definition) is 10. The Bertz CT molecular complexity index is 1450. The maximum atomic E-state index is 12.4. The summed E-state index contributed by atoms with van der Waals surface area (Å²) in [6.45, 7) is 0.509. The second-order valence-corrected chi connectivity index (χ2v) is 9.06. The van der Waals surface area contributed by atoms with Gasteiger partial charge in [0.15, 0.2) is 0 Å². The Morgan fingerprint density at radius 1 is 0.657 bits per heavy atom. The highest BCUT2D eigenvalue weighted by Gasteiger charge is 2.09. The van der Waals surface area contributed by atoms with E-state index in [1.165, 1.54) is 48.5 Å². The van der Waals surface area contributed by atoms with Gasteiger partial charge in [-0.15, -0.1) is 0 Å². The van der Waals surface area contributed by atoms with Gasteiger partial charge >= 0.3 is 0 Å².